The molecular formula is C13H14N2O3. The fourth-order valence-corrected chi connectivity index (χ4v) is 1.63. The molecule has 0 radical (unpaired) electrons. The second-order valence-corrected chi connectivity index (χ2v) is 3.65. The minimum atomic E-state index is -0.0956. The molecule has 3 N–H and O–H groups in total. The van der Waals surface area contributed by atoms with E-state index >= 15 is 0 Å². The predicted molar refractivity (Wildman–Crippen MR) is 68.3 cm³/mol. The van der Waals surface area contributed by atoms with Crippen LogP contribution < -0.4 is 15.2 Å². The van der Waals surface area contributed by atoms with Gasteiger partial charge in [-0.15, -0.1) is 0 Å². The molecule has 0 fully saturated rings. The quantitative estimate of drug-likeness (QED) is 0.640. The van der Waals surface area contributed by atoms with Gasteiger partial charge in [-0.3, -0.25) is 5.41 Å². The van der Waals surface area contributed by atoms with Crippen molar-refractivity contribution in [1.82, 2.24) is 0 Å². The molecule has 5 nitrogen and oxygen atoms in total. The number of nitrogen functional groups attached to an aromatic ring is 1. The van der Waals surface area contributed by atoms with Gasteiger partial charge >= 0.3 is 0 Å². The number of hydrogen-bond donors (Lipinski definition) is 2. The van der Waals surface area contributed by atoms with E-state index in [1.807, 2.05) is 12.1 Å². The molecule has 2 rings (SSSR count). The van der Waals surface area contributed by atoms with Crippen LogP contribution in [0.1, 0.15) is 5.76 Å². The van der Waals surface area contributed by atoms with E-state index in [1.165, 1.54) is 0 Å². The predicted octanol–water partition coefficient (Wildman–Crippen LogP) is 2.25. The molecule has 1 aromatic carbocycles. The third-order valence-corrected chi connectivity index (χ3v) is 2.54. The molecule has 0 aliphatic heterocycles. The molecule has 0 spiro atoms. The molecule has 0 aliphatic carbocycles. The summed E-state index contributed by atoms with van der Waals surface area (Å²) in [4.78, 5) is 0. The number of benzene rings is 1. The van der Waals surface area contributed by atoms with Gasteiger partial charge in [-0.2, -0.15) is 0 Å². The molecule has 94 valence electrons. The summed E-state index contributed by atoms with van der Waals surface area (Å²) in [6, 6.07) is 8.88. The summed E-state index contributed by atoms with van der Waals surface area (Å²) in [5.41, 5.74) is 6.19. The summed E-state index contributed by atoms with van der Waals surface area (Å²) in [5.74, 6) is 2.15. The molecule has 0 saturated heterocycles. The average molecular weight is 246 g/mol. The number of rotatable bonds is 4. The molecule has 0 aliphatic rings. The molecular weight excluding hydrogens is 232 g/mol. The van der Waals surface area contributed by atoms with E-state index in [0.29, 0.717) is 23.0 Å². The molecule has 18 heavy (non-hydrogen) atoms. The van der Waals surface area contributed by atoms with Gasteiger partial charge in [0.2, 0.25) is 0 Å². The van der Waals surface area contributed by atoms with Crippen LogP contribution >= 0.6 is 0 Å². The number of hydrogen-bond acceptors (Lipinski definition) is 4. The number of methoxy groups -OCH3 is 2. The number of furan rings is 1. The Labute approximate surface area is 105 Å². The summed E-state index contributed by atoms with van der Waals surface area (Å²) in [7, 11) is 3.16. The van der Waals surface area contributed by atoms with Crippen LogP contribution in [0.4, 0.5) is 0 Å². The van der Waals surface area contributed by atoms with Crippen LogP contribution in [-0.2, 0) is 0 Å². The van der Waals surface area contributed by atoms with E-state index in [1.54, 1.807) is 32.4 Å². The fraction of sp³-hybridized carbons (Fsp3) is 0.154. The van der Waals surface area contributed by atoms with Crippen molar-refractivity contribution in [2.45, 2.75) is 0 Å². The fourth-order valence-electron chi connectivity index (χ4n) is 1.63. The topological polar surface area (TPSA) is 81.5 Å². The maximum Gasteiger partial charge on any atom is 0.168 e. The first kappa shape index (κ1) is 12.0. The first-order chi connectivity index (χ1) is 8.65. The van der Waals surface area contributed by atoms with Gasteiger partial charge in [0.25, 0.3) is 0 Å². The van der Waals surface area contributed by atoms with Gasteiger partial charge in [-0.05, 0) is 30.3 Å². The summed E-state index contributed by atoms with van der Waals surface area (Å²) in [5, 5.41) is 7.29. The maximum atomic E-state index is 7.29. The van der Waals surface area contributed by atoms with E-state index in [4.69, 9.17) is 25.0 Å². The van der Waals surface area contributed by atoms with E-state index in [0.717, 1.165) is 5.56 Å². The largest absolute Gasteiger partial charge is 0.493 e. The van der Waals surface area contributed by atoms with Gasteiger partial charge < -0.3 is 19.6 Å². The molecule has 0 saturated carbocycles. The van der Waals surface area contributed by atoms with Crippen molar-refractivity contribution >= 4 is 5.84 Å². The minimum absolute atomic E-state index is 0.0956. The Kier molecular flexibility index (Phi) is 3.23. The standard InChI is InChI=1S/C13H14N2O3/c1-16-10-4-3-8(7-12(10)17-2)9-5-6-11(18-9)13(14)15/h3-7H,1-2H3,(H3,14,15). The highest BCUT2D eigenvalue weighted by Crippen LogP contribution is 2.32. The van der Waals surface area contributed by atoms with Gasteiger partial charge in [-0.1, -0.05) is 0 Å². The van der Waals surface area contributed by atoms with Crippen molar-refractivity contribution in [1.29, 1.82) is 5.41 Å². The zero-order valence-corrected chi connectivity index (χ0v) is 10.2. The zero-order valence-electron chi connectivity index (χ0n) is 10.2. The van der Waals surface area contributed by atoms with Gasteiger partial charge in [0.15, 0.2) is 23.1 Å². The summed E-state index contributed by atoms with van der Waals surface area (Å²) >= 11 is 0. The van der Waals surface area contributed by atoms with Gasteiger partial charge in [0.1, 0.15) is 5.76 Å². The zero-order chi connectivity index (χ0) is 13.1. The lowest BCUT2D eigenvalue weighted by molar-refractivity contribution is 0.355. The smallest absolute Gasteiger partial charge is 0.168 e. The van der Waals surface area contributed by atoms with Crippen molar-refractivity contribution in [3.63, 3.8) is 0 Å². The van der Waals surface area contributed by atoms with Crippen molar-refractivity contribution < 1.29 is 13.9 Å². The second-order valence-electron chi connectivity index (χ2n) is 3.65. The van der Waals surface area contributed by atoms with Crippen LogP contribution in [0, 0.1) is 5.41 Å². The molecule has 0 amide bonds. The van der Waals surface area contributed by atoms with E-state index in [2.05, 4.69) is 0 Å². The van der Waals surface area contributed by atoms with Crippen molar-refractivity contribution in [2.75, 3.05) is 14.2 Å². The Hall–Kier alpha value is -2.43. The normalized spacial score (nSPS) is 10.1. The first-order valence-corrected chi connectivity index (χ1v) is 5.32. The van der Waals surface area contributed by atoms with E-state index < -0.39 is 0 Å². The lowest BCUT2D eigenvalue weighted by Crippen LogP contribution is -2.09. The summed E-state index contributed by atoms with van der Waals surface area (Å²) in [6.45, 7) is 0. The summed E-state index contributed by atoms with van der Waals surface area (Å²) in [6.07, 6.45) is 0. The van der Waals surface area contributed by atoms with Gasteiger partial charge in [0.05, 0.1) is 14.2 Å². The Morgan fingerprint density at radius 2 is 1.83 bits per heavy atom. The van der Waals surface area contributed by atoms with Crippen molar-refractivity contribution in [3.05, 3.63) is 36.1 Å². The van der Waals surface area contributed by atoms with Crippen molar-refractivity contribution in [2.24, 2.45) is 5.73 Å². The third kappa shape index (κ3) is 2.15. The lowest BCUT2D eigenvalue weighted by atomic mass is 10.1. The third-order valence-electron chi connectivity index (χ3n) is 2.54. The average Bonchev–Trinajstić information content (AvgIpc) is 2.87. The molecule has 1 heterocycles. The first-order valence-electron chi connectivity index (χ1n) is 5.32. The Balaban J connectivity index is 2.41. The van der Waals surface area contributed by atoms with Crippen LogP contribution in [-0.4, -0.2) is 20.1 Å². The van der Waals surface area contributed by atoms with Crippen LogP contribution in [0.15, 0.2) is 34.7 Å². The highest BCUT2D eigenvalue weighted by atomic mass is 16.5. The molecule has 0 bridgehead atoms. The molecule has 0 atom stereocenters. The Morgan fingerprint density at radius 3 is 2.39 bits per heavy atom. The molecule has 1 aromatic heterocycles. The SMILES string of the molecule is COc1ccc(-c2ccc(C(=N)N)o2)cc1OC. The molecule has 5 heteroatoms. The van der Waals surface area contributed by atoms with Crippen LogP contribution in [0.2, 0.25) is 0 Å². The van der Waals surface area contributed by atoms with E-state index in [9.17, 15) is 0 Å². The highest BCUT2D eigenvalue weighted by molar-refractivity contribution is 5.92. The van der Waals surface area contributed by atoms with E-state index in [-0.39, 0.29) is 5.84 Å². The lowest BCUT2D eigenvalue weighted by Gasteiger charge is -2.08. The molecule has 0 unspecified atom stereocenters. The number of ether oxygens (including phenoxy) is 2. The van der Waals surface area contributed by atoms with Crippen LogP contribution in [0.5, 0.6) is 11.5 Å². The van der Waals surface area contributed by atoms with Crippen LogP contribution in [0.3, 0.4) is 0 Å². The second kappa shape index (κ2) is 4.83. The Morgan fingerprint density at radius 1 is 1.11 bits per heavy atom. The Bertz CT molecular complexity index is 575. The number of nitrogens with two attached hydrogens (primary N) is 1. The van der Waals surface area contributed by atoms with Gasteiger partial charge in [0, 0.05) is 5.56 Å². The van der Waals surface area contributed by atoms with Crippen LogP contribution in [0.25, 0.3) is 11.3 Å². The maximum absolute atomic E-state index is 7.29. The van der Waals surface area contributed by atoms with Gasteiger partial charge in [-0.25, -0.2) is 0 Å². The number of amidine groups is 1. The number of nitrogens with one attached hydrogen (secondary N) is 1. The highest BCUT2D eigenvalue weighted by Gasteiger charge is 2.10. The van der Waals surface area contributed by atoms with Crippen molar-refractivity contribution in [3.8, 4) is 22.8 Å². The summed E-state index contributed by atoms with van der Waals surface area (Å²) < 4.78 is 15.8. The minimum Gasteiger partial charge on any atom is -0.493 e. The molecule has 2 aromatic rings. The monoisotopic (exact) mass is 246 g/mol.